The van der Waals surface area contributed by atoms with Crippen LogP contribution in [0.5, 0.6) is 0 Å². The Bertz CT molecular complexity index is 638. The van der Waals surface area contributed by atoms with Gasteiger partial charge in [-0.1, -0.05) is 41.4 Å². The minimum Gasteiger partial charge on any atom is -0.478 e. The average molecular weight is 340 g/mol. The number of carbonyl (C=O) groups is 1. The standard InChI is InChI=1S/C15H12BrClO2/c1-9-5-6-12(15(18)19)11(7-9)8-10-3-2-4-13(17)14(10)16/h2-7H,8H2,1H3,(H,18,19). The minimum absolute atomic E-state index is 0.331. The monoisotopic (exact) mass is 338 g/mol. The zero-order chi connectivity index (χ0) is 14.0. The summed E-state index contributed by atoms with van der Waals surface area (Å²) in [5, 5.41) is 9.85. The van der Waals surface area contributed by atoms with E-state index in [1.165, 1.54) is 0 Å². The van der Waals surface area contributed by atoms with E-state index in [1.807, 2.05) is 25.1 Å². The molecule has 2 rings (SSSR count). The highest BCUT2D eigenvalue weighted by atomic mass is 79.9. The van der Waals surface area contributed by atoms with E-state index in [2.05, 4.69) is 15.9 Å². The molecule has 2 aromatic carbocycles. The third kappa shape index (κ3) is 3.17. The lowest BCUT2D eigenvalue weighted by Crippen LogP contribution is -2.04. The number of carboxylic acids is 1. The second-order valence-electron chi connectivity index (χ2n) is 4.36. The summed E-state index contributed by atoms with van der Waals surface area (Å²) >= 11 is 9.49. The van der Waals surface area contributed by atoms with Crippen LogP contribution >= 0.6 is 27.5 Å². The molecule has 0 atom stereocenters. The number of hydrogen-bond acceptors (Lipinski definition) is 1. The SMILES string of the molecule is Cc1ccc(C(=O)O)c(Cc2cccc(Cl)c2Br)c1. The van der Waals surface area contributed by atoms with Gasteiger partial charge in [-0.05, 0) is 52.5 Å². The first-order valence-electron chi connectivity index (χ1n) is 5.74. The van der Waals surface area contributed by atoms with E-state index in [1.54, 1.807) is 18.2 Å². The largest absolute Gasteiger partial charge is 0.478 e. The van der Waals surface area contributed by atoms with Gasteiger partial charge in [0.05, 0.1) is 10.6 Å². The fraction of sp³-hybridized carbons (Fsp3) is 0.133. The van der Waals surface area contributed by atoms with Gasteiger partial charge < -0.3 is 5.11 Å². The number of benzene rings is 2. The summed E-state index contributed by atoms with van der Waals surface area (Å²) in [6.07, 6.45) is 0.532. The van der Waals surface area contributed by atoms with Crippen molar-refractivity contribution in [3.63, 3.8) is 0 Å². The molecule has 4 heteroatoms. The molecule has 0 unspecified atom stereocenters. The fourth-order valence-corrected chi connectivity index (χ4v) is 2.57. The molecule has 0 aliphatic heterocycles. The van der Waals surface area contributed by atoms with Crippen LogP contribution in [0.3, 0.4) is 0 Å². The highest BCUT2D eigenvalue weighted by Gasteiger charge is 2.12. The quantitative estimate of drug-likeness (QED) is 0.880. The Balaban J connectivity index is 2.45. The van der Waals surface area contributed by atoms with Gasteiger partial charge in [0.1, 0.15) is 0 Å². The minimum atomic E-state index is -0.909. The molecule has 0 fully saturated rings. The summed E-state index contributed by atoms with van der Waals surface area (Å²) in [6.45, 7) is 1.95. The lowest BCUT2D eigenvalue weighted by atomic mass is 9.98. The van der Waals surface area contributed by atoms with Crippen LogP contribution in [0.15, 0.2) is 40.9 Å². The van der Waals surface area contributed by atoms with E-state index in [0.29, 0.717) is 17.0 Å². The number of hydrogen-bond donors (Lipinski definition) is 1. The maximum Gasteiger partial charge on any atom is 0.335 e. The number of halogens is 2. The van der Waals surface area contributed by atoms with Crippen molar-refractivity contribution in [1.29, 1.82) is 0 Å². The van der Waals surface area contributed by atoms with Crippen LogP contribution < -0.4 is 0 Å². The summed E-state index contributed by atoms with van der Waals surface area (Å²) in [7, 11) is 0. The molecule has 2 aromatic rings. The molecule has 1 N–H and O–H groups in total. The second-order valence-corrected chi connectivity index (χ2v) is 5.56. The Kier molecular flexibility index (Phi) is 4.27. The molecule has 0 heterocycles. The van der Waals surface area contributed by atoms with Gasteiger partial charge in [-0.2, -0.15) is 0 Å². The summed E-state index contributed by atoms with van der Waals surface area (Å²) in [5.41, 5.74) is 3.13. The molecule has 0 bridgehead atoms. The van der Waals surface area contributed by atoms with Crippen LogP contribution in [-0.2, 0) is 6.42 Å². The van der Waals surface area contributed by atoms with Crippen LogP contribution in [0.25, 0.3) is 0 Å². The Morgan fingerprint density at radius 1 is 1.26 bits per heavy atom. The molecule has 0 aliphatic carbocycles. The molecule has 0 aromatic heterocycles. The fourth-order valence-electron chi connectivity index (χ4n) is 1.97. The van der Waals surface area contributed by atoms with Gasteiger partial charge in [0, 0.05) is 4.47 Å². The van der Waals surface area contributed by atoms with Crippen molar-refractivity contribution in [3.8, 4) is 0 Å². The highest BCUT2D eigenvalue weighted by molar-refractivity contribution is 9.10. The van der Waals surface area contributed by atoms with E-state index in [4.69, 9.17) is 11.6 Å². The zero-order valence-electron chi connectivity index (χ0n) is 10.3. The van der Waals surface area contributed by atoms with Crippen molar-refractivity contribution in [2.24, 2.45) is 0 Å². The molecule has 0 aliphatic rings. The van der Waals surface area contributed by atoms with Gasteiger partial charge in [0.2, 0.25) is 0 Å². The van der Waals surface area contributed by atoms with Gasteiger partial charge in [-0.3, -0.25) is 0 Å². The van der Waals surface area contributed by atoms with Crippen molar-refractivity contribution in [1.82, 2.24) is 0 Å². The van der Waals surface area contributed by atoms with Crippen LogP contribution in [0.4, 0.5) is 0 Å². The number of carboxylic acid groups (broad SMARTS) is 1. The maximum absolute atomic E-state index is 11.2. The van der Waals surface area contributed by atoms with E-state index >= 15 is 0 Å². The summed E-state index contributed by atoms with van der Waals surface area (Å²) < 4.78 is 0.814. The van der Waals surface area contributed by atoms with Crippen LogP contribution in [-0.4, -0.2) is 11.1 Å². The Morgan fingerprint density at radius 3 is 2.68 bits per heavy atom. The number of rotatable bonds is 3. The number of aromatic carboxylic acids is 1. The molecular formula is C15H12BrClO2. The van der Waals surface area contributed by atoms with Gasteiger partial charge in [-0.25, -0.2) is 4.79 Å². The van der Waals surface area contributed by atoms with Gasteiger partial charge >= 0.3 is 5.97 Å². The normalized spacial score (nSPS) is 10.5. The Hall–Kier alpha value is -1.32. The van der Waals surface area contributed by atoms with E-state index in [-0.39, 0.29) is 0 Å². The lowest BCUT2D eigenvalue weighted by molar-refractivity contribution is 0.0696. The van der Waals surface area contributed by atoms with Gasteiger partial charge in [-0.15, -0.1) is 0 Å². The molecule has 98 valence electrons. The van der Waals surface area contributed by atoms with Crippen molar-refractivity contribution in [2.45, 2.75) is 13.3 Å². The topological polar surface area (TPSA) is 37.3 Å². The first-order valence-corrected chi connectivity index (χ1v) is 6.92. The van der Waals surface area contributed by atoms with Crippen molar-refractivity contribution in [3.05, 3.63) is 68.1 Å². The Labute approximate surface area is 125 Å². The maximum atomic E-state index is 11.2. The van der Waals surface area contributed by atoms with Crippen molar-refractivity contribution in [2.75, 3.05) is 0 Å². The van der Waals surface area contributed by atoms with Crippen molar-refractivity contribution >= 4 is 33.5 Å². The van der Waals surface area contributed by atoms with Crippen LogP contribution in [0, 0.1) is 6.92 Å². The molecular weight excluding hydrogens is 328 g/mol. The first-order chi connectivity index (χ1) is 8.99. The molecule has 0 amide bonds. The van der Waals surface area contributed by atoms with Gasteiger partial charge in [0.25, 0.3) is 0 Å². The predicted octanol–water partition coefficient (Wildman–Crippen LogP) is 4.70. The molecule has 0 saturated carbocycles. The molecule has 19 heavy (non-hydrogen) atoms. The first kappa shape index (κ1) is 14.1. The molecule has 0 saturated heterocycles. The van der Waals surface area contributed by atoms with Crippen molar-refractivity contribution < 1.29 is 9.90 Å². The second kappa shape index (κ2) is 5.76. The van der Waals surface area contributed by atoms with E-state index < -0.39 is 5.97 Å². The third-order valence-electron chi connectivity index (χ3n) is 2.90. The summed E-state index contributed by atoms with van der Waals surface area (Å²) in [4.78, 5) is 11.2. The summed E-state index contributed by atoms with van der Waals surface area (Å²) in [6, 6.07) is 10.9. The number of aryl methyl sites for hydroxylation is 1. The smallest absolute Gasteiger partial charge is 0.335 e. The Morgan fingerprint density at radius 2 is 2.00 bits per heavy atom. The van der Waals surface area contributed by atoms with Crippen LogP contribution in [0.2, 0.25) is 5.02 Å². The third-order valence-corrected chi connectivity index (χ3v) is 4.38. The van der Waals surface area contributed by atoms with Gasteiger partial charge in [0.15, 0.2) is 0 Å². The highest BCUT2D eigenvalue weighted by Crippen LogP contribution is 2.28. The lowest BCUT2D eigenvalue weighted by Gasteiger charge is -2.10. The summed E-state index contributed by atoms with van der Waals surface area (Å²) in [5.74, 6) is -0.909. The molecule has 2 nitrogen and oxygen atoms in total. The van der Waals surface area contributed by atoms with Crippen LogP contribution in [0.1, 0.15) is 27.0 Å². The van der Waals surface area contributed by atoms with E-state index in [9.17, 15) is 9.90 Å². The molecule has 0 radical (unpaired) electrons. The predicted molar refractivity (Wildman–Crippen MR) is 80.1 cm³/mol. The molecule has 0 spiro atoms. The zero-order valence-corrected chi connectivity index (χ0v) is 12.6. The van der Waals surface area contributed by atoms with E-state index in [0.717, 1.165) is 21.2 Å². The average Bonchev–Trinajstić information content (AvgIpc) is 2.35.